The number of allylic oxidation sites excluding steroid dienone is 5. The minimum atomic E-state index is -4.34. The van der Waals surface area contributed by atoms with Gasteiger partial charge in [0.15, 0.2) is 0 Å². The van der Waals surface area contributed by atoms with Gasteiger partial charge in [-0.05, 0) is 38.5 Å². The highest BCUT2D eigenvalue weighted by atomic mass is 31.2. The zero-order valence-electron chi connectivity index (χ0n) is 33.1. The number of phosphoric acid groups is 1. The van der Waals surface area contributed by atoms with E-state index in [1.807, 2.05) is 27.2 Å². The van der Waals surface area contributed by atoms with Crippen molar-refractivity contribution in [1.82, 2.24) is 5.32 Å². The van der Waals surface area contributed by atoms with Crippen LogP contribution in [0.1, 0.15) is 168 Å². The Labute approximate surface area is 308 Å². The molecule has 294 valence electrons. The molecule has 0 aromatic heterocycles. The lowest BCUT2D eigenvalue weighted by atomic mass is 10.0. The molecule has 1 amide bonds. The Kier molecular flexibility index (Phi) is 32.7. The van der Waals surface area contributed by atoms with E-state index in [2.05, 4.69) is 43.5 Å². The van der Waals surface area contributed by atoms with E-state index in [9.17, 15) is 19.4 Å². The summed E-state index contributed by atoms with van der Waals surface area (Å²) in [5.41, 5.74) is 0. The second-order valence-electron chi connectivity index (χ2n) is 15.0. The minimum Gasteiger partial charge on any atom is -0.387 e. The number of aliphatic hydroxyl groups excluding tert-OH is 1. The molecule has 0 spiro atoms. The molecule has 0 heterocycles. The van der Waals surface area contributed by atoms with Gasteiger partial charge in [-0.2, -0.15) is 0 Å². The fourth-order valence-electron chi connectivity index (χ4n) is 5.61. The van der Waals surface area contributed by atoms with Gasteiger partial charge in [0, 0.05) is 6.42 Å². The van der Waals surface area contributed by atoms with Crippen molar-refractivity contribution in [3.8, 4) is 0 Å². The van der Waals surface area contributed by atoms with Gasteiger partial charge in [-0.3, -0.25) is 13.8 Å². The SMILES string of the molecule is CC/C=C/CC/C=C/CC/C=C/C(O)C(COP(=O)(O)OCC[N+](C)(C)C)NC(=O)CCCCCCCCCCCCCCCCCCCC. The maximum Gasteiger partial charge on any atom is 0.472 e. The van der Waals surface area contributed by atoms with Crippen LogP contribution >= 0.6 is 7.82 Å². The molecule has 0 saturated carbocycles. The predicted octanol–water partition coefficient (Wildman–Crippen LogP) is 10.7. The Morgan fingerprint density at radius 3 is 1.58 bits per heavy atom. The average molecular weight is 728 g/mol. The fraction of sp³-hybridized carbons (Fsp3) is 0.829. The van der Waals surface area contributed by atoms with E-state index in [-0.39, 0.29) is 19.1 Å². The molecule has 8 nitrogen and oxygen atoms in total. The van der Waals surface area contributed by atoms with Gasteiger partial charge in [0.2, 0.25) is 5.91 Å². The van der Waals surface area contributed by atoms with Crippen LogP contribution in [0, 0.1) is 0 Å². The standard InChI is InChI=1S/C41H79N2O6P/c1-6-8-10-12-14-16-18-19-20-21-22-23-24-25-27-29-31-33-35-41(45)42-39(38-49-50(46,47)48-37-36-43(3,4)5)40(44)34-32-30-28-26-17-15-13-11-9-7-2/h9,11,17,26,32,34,39-40,44H,6-8,10,12-16,18-25,27-31,33,35-38H2,1-5H3,(H-,42,45,46,47)/p+1/b11-9+,26-17+,34-32+. The quantitative estimate of drug-likeness (QED) is 0.0257. The zero-order chi connectivity index (χ0) is 37.2. The number of aliphatic hydroxyl groups is 1. The smallest absolute Gasteiger partial charge is 0.387 e. The van der Waals surface area contributed by atoms with E-state index in [1.54, 1.807) is 6.08 Å². The number of nitrogens with one attached hydrogen (secondary N) is 1. The molecule has 0 radical (unpaired) electrons. The first-order valence-electron chi connectivity index (χ1n) is 20.4. The molecule has 3 atom stereocenters. The Morgan fingerprint density at radius 1 is 0.680 bits per heavy atom. The van der Waals surface area contributed by atoms with Crippen LogP contribution in [-0.4, -0.2) is 73.4 Å². The average Bonchev–Trinajstić information content (AvgIpc) is 3.06. The predicted molar refractivity (Wildman–Crippen MR) is 212 cm³/mol. The molecule has 50 heavy (non-hydrogen) atoms. The Morgan fingerprint density at radius 2 is 1.12 bits per heavy atom. The van der Waals surface area contributed by atoms with Crippen LogP contribution < -0.4 is 5.32 Å². The summed E-state index contributed by atoms with van der Waals surface area (Å²) in [7, 11) is 1.54. The molecule has 0 rings (SSSR count). The summed E-state index contributed by atoms with van der Waals surface area (Å²) in [6.45, 7) is 4.65. The molecule has 0 aliphatic heterocycles. The lowest BCUT2D eigenvalue weighted by molar-refractivity contribution is -0.870. The second-order valence-corrected chi connectivity index (χ2v) is 16.4. The van der Waals surface area contributed by atoms with E-state index in [0.717, 1.165) is 51.4 Å². The molecule has 0 aromatic rings. The summed E-state index contributed by atoms with van der Waals surface area (Å²) >= 11 is 0. The third-order valence-corrected chi connectivity index (χ3v) is 9.84. The maximum atomic E-state index is 12.8. The van der Waals surface area contributed by atoms with Crippen molar-refractivity contribution in [3.63, 3.8) is 0 Å². The van der Waals surface area contributed by atoms with Crippen molar-refractivity contribution in [2.45, 2.75) is 180 Å². The molecule has 0 fully saturated rings. The molecular weight excluding hydrogens is 647 g/mol. The topological polar surface area (TPSA) is 105 Å². The zero-order valence-corrected chi connectivity index (χ0v) is 34.0. The number of unbranched alkanes of at least 4 members (excludes halogenated alkanes) is 19. The summed E-state index contributed by atoms with van der Waals surface area (Å²) in [6, 6.07) is -0.863. The Balaban J connectivity index is 4.40. The van der Waals surface area contributed by atoms with Gasteiger partial charge in [0.05, 0.1) is 39.9 Å². The highest BCUT2D eigenvalue weighted by Crippen LogP contribution is 2.43. The number of hydrogen-bond donors (Lipinski definition) is 3. The first kappa shape index (κ1) is 48.7. The lowest BCUT2D eigenvalue weighted by Gasteiger charge is -2.25. The number of rotatable bonds is 36. The molecule has 3 N–H and O–H groups in total. The van der Waals surface area contributed by atoms with Gasteiger partial charge < -0.3 is 19.8 Å². The summed E-state index contributed by atoms with van der Waals surface area (Å²) in [4.78, 5) is 23.0. The molecular formula is C41H80N2O6P+. The number of carbonyl (C=O) groups is 1. The molecule has 0 aliphatic rings. The van der Waals surface area contributed by atoms with Gasteiger partial charge in [-0.25, -0.2) is 4.57 Å². The van der Waals surface area contributed by atoms with Crippen LogP contribution in [0.25, 0.3) is 0 Å². The number of likely N-dealkylation sites (N-methyl/N-ethyl adjacent to an activating group) is 1. The second kappa shape index (κ2) is 33.5. The van der Waals surface area contributed by atoms with E-state index >= 15 is 0 Å². The minimum absolute atomic E-state index is 0.0541. The van der Waals surface area contributed by atoms with Crippen molar-refractivity contribution in [3.05, 3.63) is 36.5 Å². The molecule has 9 heteroatoms. The summed E-state index contributed by atoms with van der Waals surface area (Å²) in [5.74, 6) is -0.193. The Bertz CT molecular complexity index is 917. The number of nitrogens with zero attached hydrogens (tertiary/aromatic N) is 1. The van der Waals surface area contributed by atoms with Crippen LogP contribution in [-0.2, 0) is 18.4 Å². The van der Waals surface area contributed by atoms with E-state index < -0.39 is 20.0 Å². The third kappa shape index (κ3) is 35.1. The van der Waals surface area contributed by atoms with Crippen molar-refractivity contribution in [2.24, 2.45) is 0 Å². The third-order valence-electron chi connectivity index (χ3n) is 8.85. The van der Waals surface area contributed by atoms with E-state index in [0.29, 0.717) is 17.4 Å². The number of hydrogen-bond acceptors (Lipinski definition) is 5. The van der Waals surface area contributed by atoms with Gasteiger partial charge in [-0.1, -0.05) is 159 Å². The van der Waals surface area contributed by atoms with Gasteiger partial charge in [0.1, 0.15) is 13.2 Å². The lowest BCUT2D eigenvalue weighted by Crippen LogP contribution is -2.45. The molecule has 0 bridgehead atoms. The Hall–Kier alpha value is -1.28. The molecule has 3 unspecified atom stereocenters. The first-order chi connectivity index (χ1) is 24.0. The van der Waals surface area contributed by atoms with Crippen LogP contribution in [0.3, 0.4) is 0 Å². The summed E-state index contributed by atoms with van der Waals surface area (Å²) in [6.07, 6.45) is 39.4. The monoisotopic (exact) mass is 728 g/mol. The van der Waals surface area contributed by atoms with Crippen LogP contribution in [0.4, 0.5) is 0 Å². The fourth-order valence-corrected chi connectivity index (χ4v) is 6.34. The highest BCUT2D eigenvalue weighted by Gasteiger charge is 2.27. The number of quaternary nitrogens is 1. The summed E-state index contributed by atoms with van der Waals surface area (Å²) < 4.78 is 23.4. The highest BCUT2D eigenvalue weighted by molar-refractivity contribution is 7.47. The molecule has 0 aromatic carbocycles. The first-order valence-corrected chi connectivity index (χ1v) is 21.9. The number of amides is 1. The van der Waals surface area contributed by atoms with Crippen molar-refractivity contribution >= 4 is 13.7 Å². The van der Waals surface area contributed by atoms with Crippen LogP contribution in [0.5, 0.6) is 0 Å². The van der Waals surface area contributed by atoms with Gasteiger partial charge in [-0.15, -0.1) is 0 Å². The van der Waals surface area contributed by atoms with Crippen LogP contribution in [0.15, 0.2) is 36.5 Å². The maximum absolute atomic E-state index is 12.8. The van der Waals surface area contributed by atoms with Crippen molar-refractivity contribution in [2.75, 3.05) is 40.9 Å². The van der Waals surface area contributed by atoms with E-state index in [1.165, 1.54) is 96.3 Å². The summed E-state index contributed by atoms with van der Waals surface area (Å²) in [5, 5.41) is 13.7. The molecule has 0 saturated heterocycles. The number of carbonyl (C=O) groups excluding carboxylic acids is 1. The largest absolute Gasteiger partial charge is 0.472 e. The normalized spacial score (nSPS) is 14.9. The number of phosphoric ester groups is 1. The van der Waals surface area contributed by atoms with Gasteiger partial charge in [0.25, 0.3) is 0 Å². The van der Waals surface area contributed by atoms with Crippen molar-refractivity contribution < 1.29 is 32.9 Å². The van der Waals surface area contributed by atoms with E-state index in [4.69, 9.17) is 9.05 Å². The van der Waals surface area contributed by atoms with Crippen molar-refractivity contribution in [1.29, 1.82) is 0 Å². The van der Waals surface area contributed by atoms with Crippen LogP contribution in [0.2, 0.25) is 0 Å². The molecule has 0 aliphatic carbocycles. The van der Waals surface area contributed by atoms with Gasteiger partial charge >= 0.3 is 7.82 Å².